The van der Waals surface area contributed by atoms with Gasteiger partial charge in [0.1, 0.15) is 11.3 Å². The molecule has 20 heavy (non-hydrogen) atoms. The van der Waals surface area contributed by atoms with E-state index in [0.717, 1.165) is 11.1 Å². The van der Waals surface area contributed by atoms with E-state index in [1.165, 1.54) is 6.07 Å². The molecule has 3 rings (SSSR count). The van der Waals surface area contributed by atoms with E-state index in [9.17, 15) is 4.79 Å². The number of aromatic nitrogens is 1. The second-order valence-corrected chi connectivity index (χ2v) is 4.35. The zero-order chi connectivity index (χ0) is 13.8. The van der Waals surface area contributed by atoms with Crippen LogP contribution in [0.4, 0.5) is 0 Å². The zero-order valence-corrected chi connectivity index (χ0v) is 10.8. The van der Waals surface area contributed by atoms with E-state index in [1.807, 2.05) is 36.4 Å². The summed E-state index contributed by atoms with van der Waals surface area (Å²) in [6.07, 6.45) is 2.44. The number of hydrogen-bond donors (Lipinski definition) is 0. The van der Waals surface area contributed by atoms with Gasteiger partial charge in [-0.3, -0.25) is 4.98 Å². The van der Waals surface area contributed by atoms with Gasteiger partial charge in [-0.15, -0.1) is 0 Å². The Morgan fingerprint density at radius 3 is 2.80 bits per heavy atom. The van der Waals surface area contributed by atoms with Crippen molar-refractivity contribution >= 4 is 11.0 Å². The number of fused-ring (bicyclic) bond motifs is 1. The summed E-state index contributed by atoms with van der Waals surface area (Å²) in [5.41, 5.74) is 1.09. The summed E-state index contributed by atoms with van der Waals surface area (Å²) in [4.78, 5) is 15.7. The maximum atomic E-state index is 11.5. The van der Waals surface area contributed by atoms with Gasteiger partial charge in [0.25, 0.3) is 0 Å². The van der Waals surface area contributed by atoms with Gasteiger partial charge < -0.3 is 9.15 Å². The average Bonchev–Trinajstić information content (AvgIpc) is 2.48. The molecular formula is C16H13NO3. The molecule has 0 saturated heterocycles. The average molecular weight is 267 g/mol. The van der Waals surface area contributed by atoms with Gasteiger partial charge in [-0.2, -0.15) is 0 Å². The van der Waals surface area contributed by atoms with Gasteiger partial charge in [-0.1, -0.05) is 18.2 Å². The fourth-order valence-corrected chi connectivity index (χ4v) is 2.01. The van der Waals surface area contributed by atoms with Crippen molar-refractivity contribution in [3.8, 4) is 5.75 Å². The summed E-state index contributed by atoms with van der Waals surface area (Å²) in [5.74, 6) is 0.549. The van der Waals surface area contributed by atoms with E-state index in [-0.39, 0.29) is 0 Å². The fourth-order valence-electron chi connectivity index (χ4n) is 2.01. The van der Waals surface area contributed by atoms with E-state index < -0.39 is 5.63 Å². The summed E-state index contributed by atoms with van der Waals surface area (Å²) in [6.45, 7) is 0.463. The van der Waals surface area contributed by atoms with Crippen molar-refractivity contribution in [2.75, 3.05) is 6.61 Å². The summed E-state index contributed by atoms with van der Waals surface area (Å²) < 4.78 is 10.8. The van der Waals surface area contributed by atoms with E-state index in [4.69, 9.17) is 9.15 Å². The molecule has 0 aliphatic carbocycles. The van der Waals surface area contributed by atoms with Crippen LogP contribution in [0.25, 0.3) is 11.0 Å². The third-order valence-corrected chi connectivity index (χ3v) is 2.95. The first kappa shape index (κ1) is 12.4. The summed E-state index contributed by atoms with van der Waals surface area (Å²) in [6, 6.07) is 14.5. The molecule has 4 heteroatoms. The third-order valence-electron chi connectivity index (χ3n) is 2.95. The van der Waals surface area contributed by atoms with Crippen molar-refractivity contribution in [3.05, 3.63) is 70.8 Å². The Morgan fingerprint density at radius 2 is 1.95 bits per heavy atom. The Bertz CT molecular complexity index is 765. The molecule has 0 amide bonds. The van der Waals surface area contributed by atoms with Gasteiger partial charge in [-0.25, -0.2) is 4.79 Å². The SMILES string of the molecule is O=c1cc(OCCc2ccccn2)c2ccccc2o1. The fraction of sp³-hybridized carbons (Fsp3) is 0.125. The van der Waals surface area contributed by atoms with Gasteiger partial charge in [0, 0.05) is 18.3 Å². The van der Waals surface area contributed by atoms with Gasteiger partial charge in [0.2, 0.25) is 0 Å². The maximum absolute atomic E-state index is 11.5. The van der Waals surface area contributed by atoms with Crippen LogP contribution < -0.4 is 10.4 Å². The van der Waals surface area contributed by atoms with Crippen molar-refractivity contribution < 1.29 is 9.15 Å². The Balaban J connectivity index is 1.79. The smallest absolute Gasteiger partial charge is 0.339 e. The lowest BCUT2D eigenvalue weighted by Gasteiger charge is -2.07. The lowest BCUT2D eigenvalue weighted by Crippen LogP contribution is -2.06. The van der Waals surface area contributed by atoms with Crippen molar-refractivity contribution in [1.82, 2.24) is 4.98 Å². The van der Waals surface area contributed by atoms with Gasteiger partial charge in [0.05, 0.1) is 18.1 Å². The Labute approximate surface area is 115 Å². The first-order valence-corrected chi connectivity index (χ1v) is 6.38. The highest BCUT2D eigenvalue weighted by Crippen LogP contribution is 2.23. The van der Waals surface area contributed by atoms with Crippen molar-refractivity contribution in [2.45, 2.75) is 6.42 Å². The summed E-state index contributed by atoms with van der Waals surface area (Å²) in [7, 11) is 0. The minimum absolute atomic E-state index is 0.406. The Morgan fingerprint density at radius 1 is 1.10 bits per heavy atom. The number of para-hydroxylation sites is 1. The number of hydrogen-bond acceptors (Lipinski definition) is 4. The Hall–Kier alpha value is -2.62. The first-order chi connectivity index (χ1) is 9.83. The monoisotopic (exact) mass is 267 g/mol. The number of pyridine rings is 1. The minimum atomic E-state index is -0.406. The molecule has 0 radical (unpaired) electrons. The topological polar surface area (TPSA) is 52.3 Å². The molecule has 0 bridgehead atoms. The number of ether oxygens (including phenoxy) is 1. The Kier molecular flexibility index (Phi) is 3.46. The molecule has 0 atom stereocenters. The highest BCUT2D eigenvalue weighted by molar-refractivity contribution is 5.82. The largest absolute Gasteiger partial charge is 0.492 e. The number of benzene rings is 1. The molecule has 1 aromatic carbocycles. The van der Waals surface area contributed by atoms with Crippen molar-refractivity contribution in [2.24, 2.45) is 0 Å². The molecule has 0 aliphatic rings. The van der Waals surface area contributed by atoms with E-state index in [2.05, 4.69) is 4.98 Å². The van der Waals surface area contributed by atoms with E-state index in [1.54, 1.807) is 12.3 Å². The van der Waals surface area contributed by atoms with Crippen LogP contribution in [-0.2, 0) is 6.42 Å². The molecule has 0 spiro atoms. The number of rotatable bonds is 4. The third kappa shape index (κ3) is 2.69. The van der Waals surface area contributed by atoms with Crippen LogP contribution in [0.2, 0.25) is 0 Å². The van der Waals surface area contributed by atoms with E-state index >= 15 is 0 Å². The molecule has 2 heterocycles. The number of nitrogens with zero attached hydrogens (tertiary/aromatic N) is 1. The molecule has 0 fully saturated rings. The lowest BCUT2D eigenvalue weighted by atomic mass is 10.2. The van der Waals surface area contributed by atoms with E-state index in [0.29, 0.717) is 24.4 Å². The summed E-state index contributed by atoms with van der Waals surface area (Å²) >= 11 is 0. The standard InChI is InChI=1S/C16H13NO3/c18-16-11-15(13-6-1-2-7-14(13)20-16)19-10-8-12-5-3-4-9-17-12/h1-7,9,11H,8,10H2. The van der Waals surface area contributed by atoms with Crippen LogP contribution in [0.1, 0.15) is 5.69 Å². The van der Waals surface area contributed by atoms with Gasteiger partial charge >= 0.3 is 5.63 Å². The van der Waals surface area contributed by atoms with Crippen LogP contribution in [-0.4, -0.2) is 11.6 Å². The van der Waals surface area contributed by atoms with Gasteiger partial charge in [0.15, 0.2) is 0 Å². The summed E-state index contributed by atoms with van der Waals surface area (Å²) in [5, 5.41) is 0.799. The van der Waals surface area contributed by atoms with Crippen LogP contribution >= 0.6 is 0 Å². The second kappa shape index (κ2) is 5.57. The van der Waals surface area contributed by atoms with Crippen LogP contribution in [0.3, 0.4) is 0 Å². The van der Waals surface area contributed by atoms with Crippen molar-refractivity contribution in [3.63, 3.8) is 0 Å². The lowest BCUT2D eigenvalue weighted by molar-refractivity contribution is 0.321. The predicted octanol–water partition coefficient (Wildman–Crippen LogP) is 2.81. The molecular weight excluding hydrogens is 254 g/mol. The molecule has 100 valence electrons. The van der Waals surface area contributed by atoms with Crippen LogP contribution in [0.15, 0.2) is 63.9 Å². The minimum Gasteiger partial charge on any atom is -0.492 e. The highest BCUT2D eigenvalue weighted by Gasteiger charge is 2.06. The quantitative estimate of drug-likeness (QED) is 0.682. The predicted molar refractivity (Wildman–Crippen MR) is 75.9 cm³/mol. The highest BCUT2D eigenvalue weighted by atomic mass is 16.5. The zero-order valence-electron chi connectivity index (χ0n) is 10.8. The van der Waals surface area contributed by atoms with Crippen LogP contribution in [0.5, 0.6) is 5.75 Å². The molecule has 2 aromatic heterocycles. The van der Waals surface area contributed by atoms with Crippen LogP contribution in [0, 0.1) is 0 Å². The van der Waals surface area contributed by atoms with Crippen molar-refractivity contribution in [1.29, 1.82) is 0 Å². The van der Waals surface area contributed by atoms with Gasteiger partial charge in [-0.05, 0) is 24.3 Å². The molecule has 4 nitrogen and oxygen atoms in total. The second-order valence-electron chi connectivity index (χ2n) is 4.35. The molecule has 0 unspecified atom stereocenters. The maximum Gasteiger partial charge on any atom is 0.339 e. The molecule has 0 aliphatic heterocycles. The molecule has 0 N–H and O–H groups in total. The normalized spacial score (nSPS) is 10.6. The molecule has 0 saturated carbocycles. The first-order valence-electron chi connectivity index (χ1n) is 6.38. The molecule has 3 aromatic rings.